The number of hydrogen-bond donors (Lipinski definition) is 1. The lowest BCUT2D eigenvalue weighted by Crippen LogP contribution is -2.23. The minimum Gasteiger partial charge on any atom is -0.365 e. The summed E-state index contributed by atoms with van der Waals surface area (Å²) in [5.74, 6) is -1.19. The zero-order chi connectivity index (χ0) is 19.0. The van der Waals surface area contributed by atoms with Crippen molar-refractivity contribution in [3.05, 3.63) is 94.8 Å². The summed E-state index contributed by atoms with van der Waals surface area (Å²) in [6.45, 7) is 0. The molecule has 0 fully saturated rings. The van der Waals surface area contributed by atoms with Crippen LogP contribution in [-0.2, 0) is 0 Å². The molecule has 0 saturated carbocycles. The first-order valence-electron chi connectivity index (χ1n) is 8.20. The Labute approximate surface area is 153 Å². The molecular weight excluding hydrogens is 345 g/mol. The topological polar surface area (TPSA) is 78.0 Å². The van der Waals surface area contributed by atoms with E-state index in [2.05, 4.69) is 4.98 Å². The Morgan fingerprint density at radius 3 is 2.33 bits per heavy atom. The lowest BCUT2D eigenvalue weighted by atomic mass is 10.0. The van der Waals surface area contributed by atoms with Crippen LogP contribution in [0.15, 0.2) is 78.0 Å². The number of amides is 1. The number of hydrogen-bond acceptors (Lipinski definition) is 3. The van der Waals surface area contributed by atoms with Crippen LogP contribution >= 0.6 is 0 Å². The second-order valence-corrected chi connectivity index (χ2v) is 6.05. The first kappa shape index (κ1) is 16.7. The van der Waals surface area contributed by atoms with Crippen molar-refractivity contribution in [1.82, 2.24) is 9.55 Å². The fraction of sp³-hybridized carbons (Fsp3) is 0. The van der Waals surface area contributed by atoms with Crippen LogP contribution < -0.4 is 11.2 Å². The summed E-state index contributed by atoms with van der Waals surface area (Å²) in [5, 5.41) is 0.352. The highest BCUT2D eigenvalue weighted by atomic mass is 19.1. The molecular formula is C21H14FN3O2. The van der Waals surface area contributed by atoms with E-state index < -0.39 is 11.3 Å². The van der Waals surface area contributed by atoms with Crippen molar-refractivity contribution in [2.75, 3.05) is 0 Å². The monoisotopic (exact) mass is 359 g/mol. The van der Waals surface area contributed by atoms with E-state index in [0.717, 1.165) is 11.1 Å². The van der Waals surface area contributed by atoms with E-state index in [1.54, 1.807) is 41.2 Å². The molecule has 0 saturated heterocycles. The summed E-state index contributed by atoms with van der Waals surface area (Å²) in [6, 6.07) is 14.8. The number of carbonyl (C=O) groups excluding carboxylic acids is 1. The molecule has 0 unspecified atom stereocenters. The van der Waals surface area contributed by atoms with Crippen molar-refractivity contribution < 1.29 is 9.18 Å². The van der Waals surface area contributed by atoms with Crippen LogP contribution in [0.25, 0.3) is 27.7 Å². The number of benzene rings is 2. The van der Waals surface area contributed by atoms with E-state index in [-0.39, 0.29) is 11.4 Å². The lowest BCUT2D eigenvalue weighted by Gasteiger charge is -2.14. The number of primary amides is 1. The number of halogens is 1. The molecule has 4 aromatic rings. The smallest absolute Gasteiger partial charge is 0.254 e. The van der Waals surface area contributed by atoms with E-state index in [1.807, 2.05) is 18.2 Å². The molecule has 6 heteroatoms. The standard InChI is InChI=1S/C21H14FN3O2/c22-15-2-4-16(5-3-15)25-12-18(21(23)27)20(26)17-11-14(1-6-19(17)25)13-7-9-24-10-8-13/h1-12H,(H2,23,27). The van der Waals surface area contributed by atoms with Crippen molar-refractivity contribution in [1.29, 1.82) is 0 Å². The molecule has 0 atom stereocenters. The van der Waals surface area contributed by atoms with Crippen LogP contribution in [0, 0.1) is 5.82 Å². The first-order valence-corrected chi connectivity index (χ1v) is 8.20. The van der Waals surface area contributed by atoms with Crippen LogP contribution in [0.5, 0.6) is 0 Å². The van der Waals surface area contributed by atoms with Crippen LogP contribution in [0.1, 0.15) is 10.4 Å². The van der Waals surface area contributed by atoms with Gasteiger partial charge in [-0.05, 0) is 59.7 Å². The summed E-state index contributed by atoms with van der Waals surface area (Å²) in [5.41, 5.74) is 7.75. The highest BCUT2D eigenvalue weighted by Crippen LogP contribution is 2.24. The number of pyridine rings is 2. The number of nitrogens with zero attached hydrogens (tertiary/aromatic N) is 2. The maximum Gasteiger partial charge on any atom is 0.254 e. The molecule has 2 aromatic heterocycles. The molecule has 5 nitrogen and oxygen atoms in total. The maximum atomic E-state index is 13.3. The normalized spacial score (nSPS) is 10.9. The van der Waals surface area contributed by atoms with Crippen LogP contribution in [0.4, 0.5) is 4.39 Å². The largest absolute Gasteiger partial charge is 0.365 e. The molecule has 0 aliphatic rings. The molecule has 0 aliphatic carbocycles. The van der Waals surface area contributed by atoms with Crippen molar-refractivity contribution in [3.63, 3.8) is 0 Å². The maximum absolute atomic E-state index is 13.3. The van der Waals surface area contributed by atoms with Gasteiger partial charge in [-0.25, -0.2) is 4.39 Å². The summed E-state index contributed by atoms with van der Waals surface area (Å²) in [6.07, 6.45) is 4.72. The summed E-state index contributed by atoms with van der Waals surface area (Å²) in [7, 11) is 0. The van der Waals surface area contributed by atoms with Crippen LogP contribution in [-0.4, -0.2) is 15.5 Å². The number of aromatic nitrogens is 2. The van der Waals surface area contributed by atoms with Crippen molar-refractivity contribution >= 4 is 16.8 Å². The van der Waals surface area contributed by atoms with E-state index >= 15 is 0 Å². The van der Waals surface area contributed by atoms with Crippen molar-refractivity contribution in [2.24, 2.45) is 5.73 Å². The SMILES string of the molecule is NC(=O)c1cn(-c2ccc(F)cc2)c2ccc(-c3ccncc3)cc2c1=O. The molecule has 2 N–H and O–H groups in total. The Bertz CT molecular complexity index is 1220. The number of fused-ring (bicyclic) bond motifs is 1. The van der Waals surface area contributed by atoms with Gasteiger partial charge in [-0.15, -0.1) is 0 Å². The zero-order valence-electron chi connectivity index (χ0n) is 14.1. The van der Waals surface area contributed by atoms with Gasteiger partial charge < -0.3 is 10.3 Å². The second kappa shape index (κ2) is 6.49. The molecule has 0 spiro atoms. The number of nitrogens with two attached hydrogens (primary N) is 1. The highest BCUT2D eigenvalue weighted by Gasteiger charge is 2.15. The van der Waals surface area contributed by atoms with Gasteiger partial charge in [0.25, 0.3) is 5.91 Å². The fourth-order valence-corrected chi connectivity index (χ4v) is 3.05. The molecule has 2 aromatic carbocycles. The predicted molar refractivity (Wildman–Crippen MR) is 101 cm³/mol. The summed E-state index contributed by atoms with van der Waals surface area (Å²) < 4.78 is 14.9. The van der Waals surface area contributed by atoms with E-state index in [4.69, 9.17) is 5.73 Å². The van der Waals surface area contributed by atoms with Crippen LogP contribution in [0.3, 0.4) is 0 Å². The van der Waals surface area contributed by atoms with Crippen LogP contribution in [0.2, 0.25) is 0 Å². The van der Waals surface area contributed by atoms with Crippen molar-refractivity contribution in [2.45, 2.75) is 0 Å². The predicted octanol–water partition coefficient (Wildman–Crippen LogP) is 3.29. The third-order valence-electron chi connectivity index (χ3n) is 4.39. The quantitative estimate of drug-likeness (QED) is 0.610. The lowest BCUT2D eigenvalue weighted by molar-refractivity contribution is 0.0999. The zero-order valence-corrected chi connectivity index (χ0v) is 14.1. The Hall–Kier alpha value is -3.80. The molecule has 27 heavy (non-hydrogen) atoms. The minimum absolute atomic E-state index is 0.126. The molecule has 2 heterocycles. The Morgan fingerprint density at radius 2 is 1.67 bits per heavy atom. The Kier molecular flexibility index (Phi) is 4.01. The fourth-order valence-electron chi connectivity index (χ4n) is 3.05. The van der Waals surface area contributed by atoms with Gasteiger partial charge in [0, 0.05) is 29.7 Å². The average Bonchev–Trinajstić information content (AvgIpc) is 2.69. The van der Waals surface area contributed by atoms with E-state index in [0.29, 0.717) is 16.6 Å². The number of rotatable bonds is 3. The molecule has 0 radical (unpaired) electrons. The van der Waals surface area contributed by atoms with Gasteiger partial charge in [-0.3, -0.25) is 14.6 Å². The Balaban J connectivity index is 2.04. The van der Waals surface area contributed by atoms with Gasteiger partial charge in [-0.1, -0.05) is 6.07 Å². The first-order chi connectivity index (χ1) is 13.0. The van der Waals surface area contributed by atoms with Gasteiger partial charge in [0.05, 0.1) is 5.52 Å². The average molecular weight is 359 g/mol. The van der Waals surface area contributed by atoms with E-state index in [1.165, 1.54) is 18.3 Å². The van der Waals surface area contributed by atoms with Gasteiger partial charge in [0.2, 0.25) is 5.43 Å². The number of carbonyl (C=O) groups is 1. The molecule has 1 amide bonds. The van der Waals surface area contributed by atoms with Gasteiger partial charge in [0.15, 0.2) is 0 Å². The second-order valence-electron chi connectivity index (χ2n) is 6.05. The summed E-state index contributed by atoms with van der Waals surface area (Å²) >= 11 is 0. The van der Waals surface area contributed by atoms with E-state index in [9.17, 15) is 14.0 Å². The van der Waals surface area contributed by atoms with Crippen molar-refractivity contribution in [3.8, 4) is 16.8 Å². The molecule has 0 bridgehead atoms. The van der Waals surface area contributed by atoms with Gasteiger partial charge in [0.1, 0.15) is 11.4 Å². The molecule has 132 valence electrons. The molecule has 0 aliphatic heterocycles. The summed E-state index contributed by atoms with van der Waals surface area (Å²) in [4.78, 5) is 28.6. The Morgan fingerprint density at radius 1 is 0.963 bits per heavy atom. The van der Waals surface area contributed by atoms with Gasteiger partial charge >= 0.3 is 0 Å². The highest BCUT2D eigenvalue weighted by molar-refractivity contribution is 5.97. The third-order valence-corrected chi connectivity index (χ3v) is 4.39. The third kappa shape index (κ3) is 2.97. The van der Waals surface area contributed by atoms with Gasteiger partial charge in [-0.2, -0.15) is 0 Å². The minimum atomic E-state index is -0.813. The molecule has 4 rings (SSSR count).